The summed E-state index contributed by atoms with van der Waals surface area (Å²) in [6.45, 7) is 1.31. The Balaban J connectivity index is 1.66. The topological polar surface area (TPSA) is 105 Å². The number of urea groups is 1. The van der Waals surface area contributed by atoms with E-state index in [0.29, 0.717) is 23.7 Å². The molecule has 1 aromatic carbocycles. The Labute approximate surface area is 146 Å². The minimum atomic E-state index is -0.461. The molecule has 9 nitrogen and oxygen atoms in total. The molecule has 128 valence electrons. The lowest BCUT2D eigenvalue weighted by molar-refractivity contribution is -0.389. The van der Waals surface area contributed by atoms with Crippen LogP contribution in [0.5, 0.6) is 0 Å². The number of rotatable bonds is 4. The van der Waals surface area contributed by atoms with Crippen LogP contribution in [0.25, 0.3) is 4.96 Å². The van der Waals surface area contributed by atoms with Crippen molar-refractivity contribution in [3.05, 3.63) is 46.0 Å². The first kappa shape index (κ1) is 15.4. The minimum Gasteiger partial charge on any atom is -0.358 e. The summed E-state index contributed by atoms with van der Waals surface area (Å²) in [5.74, 6) is 0.0643. The number of amides is 2. The van der Waals surface area contributed by atoms with Crippen LogP contribution in [0.1, 0.15) is 6.42 Å². The molecular formula is C15H14N6O3S. The Kier molecular flexibility index (Phi) is 3.73. The molecule has 3 heterocycles. The molecule has 2 amide bonds. The molecule has 3 aromatic rings. The highest BCUT2D eigenvalue weighted by Gasteiger charge is 2.24. The second-order valence-electron chi connectivity index (χ2n) is 5.51. The van der Waals surface area contributed by atoms with Crippen LogP contribution in [0.2, 0.25) is 0 Å². The van der Waals surface area contributed by atoms with Gasteiger partial charge in [-0.25, -0.2) is 4.79 Å². The summed E-state index contributed by atoms with van der Waals surface area (Å²) >= 11 is 1.32. The van der Waals surface area contributed by atoms with Crippen molar-refractivity contribution in [3.8, 4) is 0 Å². The summed E-state index contributed by atoms with van der Waals surface area (Å²) in [5, 5.41) is 18.9. The average molecular weight is 358 g/mol. The predicted molar refractivity (Wildman–Crippen MR) is 94.8 cm³/mol. The van der Waals surface area contributed by atoms with Crippen molar-refractivity contribution in [2.45, 2.75) is 6.42 Å². The minimum absolute atomic E-state index is 0.114. The van der Waals surface area contributed by atoms with E-state index in [0.717, 1.165) is 12.1 Å². The van der Waals surface area contributed by atoms with Gasteiger partial charge in [-0.15, -0.1) is 0 Å². The number of fused-ring (bicyclic) bond motifs is 1. The normalized spacial score (nSPS) is 14.6. The van der Waals surface area contributed by atoms with Crippen LogP contribution in [0.4, 0.5) is 27.8 Å². The maximum Gasteiger partial charge on any atom is 0.373 e. The monoisotopic (exact) mass is 358 g/mol. The van der Waals surface area contributed by atoms with Crippen molar-refractivity contribution >= 4 is 45.3 Å². The summed E-state index contributed by atoms with van der Waals surface area (Å²) < 4.78 is 1.44. The van der Waals surface area contributed by atoms with E-state index in [2.05, 4.69) is 15.6 Å². The number of imidazole rings is 1. The van der Waals surface area contributed by atoms with Gasteiger partial charge in [0.1, 0.15) is 6.20 Å². The average Bonchev–Trinajstić information content (AvgIpc) is 3.15. The van der Waals surface area contributed by atoms with E-state index >= 15 is 0 Å². The molecule has 0 spiro atoms. The molecule has 25 heavy (non-hydrogen) atoms. The number of thiazole rings is 1. The van der Waals surface area contributed by atoms with Crippen molar-refractivity contribution in [1.82, 2.24) is 14.7 Å². The molecule has 1 fully saturated rings. The smallest absolute Gasteiger partial charge is 0.358 e. The Morgan fingerprint density at radius 2 is 2.28 bits per heavy atom. The van der Waals surface area contributed by atoms with E-state index in [1.807, 2.05) is 6.07 Å². The Hall–Kier alpha value is -3.14. The fraction of sp³-hybridized carbons (Fsp3) is 0.200. The first-order valence-electron chi connectivity index (χ1n) is 7.66. The van der Waals surface area contributed by atoms with Crippen molar-refractivity contribution in [2.75, 3.05) is 23.3 Å². The third kappa shape index (κ3) is 2.76. The maximum absolute atomic E-state index is 12.0. The third-order valence-electron chi connectivity index (χ3n) is 3.91. The molecule has 2 N–H and O–H groups in total. The first-order valence-corrected chi connectivity index (χ1v) is 8.54. The van der Waals surface area contributed by atoms with Gasteiger partial charge in [0, 0.05) is 29.8 Å². The van der Waals surface area contributed by atoms with Gasteiger partial charge in [-0.2, -0.15) is 9.38 Å². The number of nitrogens with zero attached hydrogens (tertiary/aromatic N) is 4. The molecule has 1 aliphatic rings. The SMILES string of the molecule is O=C1NCCCN1c1cccc(Nc2nc3sccn3c2[N+](=O)[O-])c1. The van der Waals surface area contributed by atoms with Gasteiger partial charge in [0.25, 0.3) is 4.96 Å². The van der Waals surface area contributed by atoms with Crippen molar-refractivity contribution in [3.63, 3.8) is 0 Å². The molecule has 1 saturated heterocycles. The summed E-state index contributed by atoms with van der Waals surface area (Å²) in [4.78, 5) is 29.4. The second-order valence-corrected chi connectivity index (χ2v) is 6.38. The highest BCUT2D eigenvalue weighted by atomic mass is 32.1. The van der Waals surface area contributed by atoms with Gasteiger partial charge in [-0.3, -0.25) is 4.90 Å². The van der Waals surface area contributed by atoms with Gasteiger partial charge in [0.2, 0.25) is 5.82 Å². The number of aromatic nitrogens is 2. The van der Waals surface area contributed by atoms with Crippen LogP contribution >= 0.6 is 11.3 Å². The molecule has 0 saturated carbocycles. The van der Waals surface area contributed by atoms with Crippen LogP contribution in [0.15, 0.2) is 35.8 Å². The number of benzene rings is 1. The van der Waals surface area contributed by atoms with Gasteiger partial charge in [-0.05, 0) is 29.5 Å². The van der Waals surface area contributed by atoms with Crippen LogP contribution in [0, 0.1) is 10.1 Å². The molecule has 4 rings (SSSR count). The van der Waals surface area contributed by atoms with Gasteiger partial charge >= 0.3 is 11.8 Å². The molecular weight excluding hydrogens is 344 g/mol. The van der Waals surface area contributed by atoms with Gasteiger partial charge in [-0.1, -0.05) is 17.4 Å². The van der Waals surface area contributed by atoms with Crippen molar-refractivity contribution < 1.29 is 9.72 Å². The zero-order valence-electron chi connectivity index (χ0n) is 13.0. The van der Waals surface area contributed by atoms with Crippen molar-refractivity contribution in [2.24, 2.45) is 0 Å². The van der Waals surface area contributed by atoms with Gasteiger partial charge in [0.05, 0.1) is 0 Å². The molecule has 10 heteroatoms. The highest BCUT2D eigenvalue weighted by molar-refractivity contribution is 7.15. The summed E-state index contributed by atoms with van der Waals surface area (Å²) in [5.41, 5.74) is 1.36. The lowest BCUT2D eigenvalue weighted by Gasteiger charge is -2.27. The van der Waals surface area contributed by atoms with Gasteiger partial charge in [0.15, 0.2) is 0 Å². The largest absolute Gasteiger partial charge is 0.373 e. The number of hydrogen-bond donors (Lipinski definition) is 2. The van der Waals surface area contributed by atoms with E-state index in [-0.39, 0.29) is 17.7 Å². The van der Waals surface area contributed by atoms with E-state index in [9.17, 15) is 14.9 Å². The Morgan fingerprint density at radius 3 is 3.08 bits per heavy atom. The van der Waals surface area contributed by atoms with E-state index < -0.39 is 4.92 Å². The highest BCUT2D eigenvalue weighted by Crippen LogP contribution is 2.31. The molecule has 0 unspecified atom stereocenters. The lowest BCUT2D eigenvalue weighted by Crippen LogP contribution is -2.46. The van der Waals surface area contributed by atoms with Gasteiger partial charge < -0.3 is 20.7 Å². The van der Waals surface area contributed by atoms with E-state index in [4.69, 9.17) is 0 Å². The number of nitro groups is 1. The molecule has 0 bridgehead atoms. The number of nitrogens with one attached hydrogen (secondary N) is 2. The molecule has 0 radical (unpaired) electrons. The fourth-order valence-corrected chi connectivity index (χ4v) is 3.51. The van der Waals surface area contributed by atoms with Crippen LogP contribution in [-0.4, -0.2) is 33.4 Å². The molecule has 1 aliphatic heterocycles. The lowest BCUT2D eigenvalue weighted by atomic mass is 10.2. The number of hydrogen-bond acceptors (Lipinski definition) is 6. The first-order chi connectivity index (χ1) is 12.1. The van der Waals surface area contributed by atoms with Crippen molar-refractivity contribution in [1.29, 1.82) is 0 Å². The Bertz CT molecular complexity index is 965. The Morgan fingerprint density at radius 1 is 1.40 bits per heavy atom. The summed E-state index contributed by atoms with van der Waals surface area (Å²) in [7, 11) is 0. The molecule has 0 atom stereocenters. The van der Waals surface area contributed by atoms with E-state index in [1.165, 1.54) is 15.7 Å². The summed E-state index contributed by atoms with van der Waals surface area (Å²) in [6.07, 6.45) is 2.48. The second kappa shape index (κ2) is 6.06. The van der Waals surface area contributed by atoms with E-state index in [1.54, 1.807) is 34.7 Å². The van der Waals surface area contributed by atoms with Crippen LogP contribution in [-0.2, 0) is 0 Å². The molecule has 2 aromatic heterocycles. The zero-order chi connectivity index (χ0) is 17.4. The summed E-state index contributed by atoms with van der Waals surface area (Å²) in [6, 6.07) is 7.04. The molecule has 0 aliphatic carbocycles. The fourth-order valence-electron chi connectivity index (χ4n) is 2.80. The predicted octanol–water partition coefficient (Wildman–Crippen LogP) is 2.97. The quantitative estimate of drug-likeness (QED) is 0.551. The number of carbonyl (C=O) groups is 1. The maximum atomic E-state index is 12.0. The number of carbonyl (C=O) groups excluding carboxylic acids is 1. The third-order valence-corrected chi connectivity index (χ3v) is 4.67. The van der Waals surface area contributed by atoms with Crippen LogP contribution < -0.4 is 15.5 Å². The number of anilines is 3. The van der Waals surface area contributed by atoms with Crippen LogP contribution in [0.3, 0.4) is 0 Å². The standard InChI is InChI=1S/C15H14N6O3S/c22-14-16-5-2-6-19(14)11-4-1-3-10(9-11)17-12-13(21(23)24)20-7-8-25-15(20)18-12/h1,3-4,7-9,17H,2,5-6H2,(H,16,22). The zero-order valence-corrected chi connectivity index (χ0v) is 13.8.